The van der Waals surface area contributed by atoms with E-state index < -0.39 is 0 Å². The van der Waals surface area contributed by atoms with E-state index in [0.717, 1.165) is 30.6 Å². The number of aromatic nitrogens is 2. The summed E-state index contributed by atoms with van der Waals surface area (Å²) in [5.74, 6) is 1.06. The van der Waals surface area contributed by atoms with Crippen molar-refractivity contribution in [1.29, 1.82) is 0 Å². The molecule has 6 heteroatoms. The number of pyridine rings is 1. The fraction of sp³-hybridized carbons (Fsp3) is 0.357. The van der Waals surface area contributed by atoms with Gasteiger partial charge in [-0.25, -0.2) is 4.98 Å². The molecule has 0 bridgehead atoms. The predicted octanol–water partition coefficient (Wildman–Crippen LogP) is 3.10. The first-order chi connectivity index (χ1) is 9.65. The van der Waals surface area contributed by atoms with Crippen LogP contribution in [0, 0.1) is 5.92 Å². The molecule has 1 amide bonds. The summed E-state index contributed by atoms with van der Waals surface area (Å²) in [7, 11) is 0. The van der Waals surface area contributed by atoms with E-state index in [0.29, 0.717) is 17.3 Å². The van der Waals surface area contributed by atoms with Gasteiger partial charge in [-0.3, -0.25) is 4.79 Å². The summed E-state index contributed by atoms with van der Waals surface area (Å²) in [6.07, 6.45) is 4.29. The van der Waals surface area contributed by atoms with Crippen molar-refractivity contribution in [3.63, 3.8) is 0 Å². The fourth-order valence-corrected chi connectivity index (χ4v) is 2.58. The number of nitrogens with one attached hydrogen (secondary N) is 1. The number of hydrogen-bond donors (Lipinski definition) is 1. The third kappa shape index (κ3) is 2.41. The Morgan fingerprint density at radius 1 is 1.55 bits per heavy atom. The van der Waals surface area contributed by atoms with Crippen LogP contribution in [0.15, 0.2) is 22.9 Å². The molecule has 2 aromatic rings. The summed E-state index contributed by atoms with van der Waals surface area (Å²) >= 11 is 5.93. The summed E-state index contributed by atoms with van der Waals surface area (Å²) in [4.78, 5) is 16.2. The van der Waals surface area contributed by atoms with Crippen LogP contribution in [-0.2, 0) is 12.8 Å². The zero-order valence-electron chi connectivity index (χ0n) is 11.0. The lowest BCUT2D eigenvalue weighted by Gasteiger charge is -2.16. The molecule has 0 unspecified atom stereocenters. The van der Waals surface area contributed by atoms with Crippen LogP contribution in [-0.4, -0.2) is 16.0 Å². The number of rotatable bonds is 2. The molecule has 0 spiro atoms. The summed E-state index contributed by atoms with van der Waals surface area (Å²) < 4.78 is 5.27. The standard InChI is InChI=1S/C14H14ClN3O2/c1-8-4-5-11-9(7-8)12(18-20-11)14(19)17-10-3-2-6-16-13(10)15/h2-3,6,8H,4-5,7H2,1H3,(H,17,19)/t8-/m1/s1. The average Bonchev–Trinajstić information content (AvgIpc) is 2.84. The Balaban J connectivity index is 1.85. The molecule has 5 nitrogen and oxygen atoms in total. The van der Waals surface area contributed by atoms with Crippen molar-refractivity contribution < 1.29 is 9.32 Å². The smallest absolute Gasteiger partial charge is 0.278 e. The second kappa shape index (κ2) is 5.25. The van der Waals surface area contributed by atoms with Crippen LogP contribution in [0.5, 0.6) is 0 Å². The minimum Gasteiger partial charge on any atom is -0.360 e. The van der Waals surface area contributed by atoms with Gasteiger partial charge in [0.2, 0.25) is 0 Å². The maximum absolute atomic E-state index is 12.3. The van der Waals surface area contributed by atoms with Gasteiger partial charge in [-0.1, -0.05) is 23.7 Å². The highest BCUT2D eigenvalue weighted by Crippen LogP contribution is 2.28. The van der Waals surface area contributed by atoms with Gasteiger partial charge in [-0.15, -0.1) is 0 Å². The van der Waals surface area contributed by atoms with Crippen LogP contribution < -0.4 is 5.32 Å². The highest BCUT2D eigenvalue weighted by Gasteiger charge is 2.27. The van der Waals surface area contributed by atoms with E-state index in [9.17, 15) is 4.79 Å². The van der Waals surface area contributed by atoms with Gasteiger partial charge < -0.3 is 9.84 Å². The predicted molar refractivity (Wildman–Crippen MR) is 74.9 cm³/mol. The Morgan fingerprint density at radius 3 is 3.20 bits per heavy atom. The van der Waals surface area contributed by atoms with Crippen molar-refractivity contribution >= 4 is 23.2 Å². The maximum atomic E-state index is 12.3. The number of fused-ring (bicyclic) bond motifs is 1. The van der Waals surface area contributed by atoms with Crippen molar-refractivity contribution in [3.8, 4) is 0 Å². The molecule has 0 aliphatic heterocycles. The number of amides is 1. The van der Waals surface area contributed by atoms with Gasteiger partial charge in [-0.2, -0.15) is 0 Å². The molecular formula is C14H14ClN3O2. The first-order valence-electron chi connectivity index (χ1n) is 6.54. The van der Waals surface area contributed by atoms with Gasteiger partial charge in [0, 0.05) is 18.2 Å². The van der Waals surface area contributed by atoms with E-state index in [-0.39, 0.29) is 11.1 Å². The number of halogens is 1. The van der Waals surface area contributed by atoms with Gasteiger partial charge in [0.25, 0.3) is 5.91 Å². The van der Waals surface area contributed by atoms with Crippen LogP contribution in [0.2, 0.25) is 5.15 Å². The van der Waals surface area contributed by atoms with E-state index in [1.165, 1.54) is 0 Å². The summed E-state index contributed by atoms with van der Waals surface area (Å²) in [6, 6.07) is 3.41. The monoisotopic (exact) mass is 291 g/mol. The molecule has 2 aromatic heterocycles. The third-order valence-electron chi connectivity index (χ3n) is 3.51. The molecule has 104 valence electrons. The van der Waals surface area contributed by atoms with Crippen molar-refractivity contribution in [3.05, 3.63) is 40.5 Å². The van der Waals surface area contributed by atoms with Crippen LogP contribution in [0.4, 0.5) is 5.69 Å². The molecule has 1 N–H and O–H groups in total. The number of carbonyl (C=O) groups excluding carboxylic acids is 1. The zero-order chi connectivity index (χ0) is 14.1. The first-order valence-corrected chi connectivity index (χ1v) is 6.92. The highest BCUT2D eigenvalue weighted by molar-refractivity contribution is 6.32. The molecule has 20 heavy (non-hydrogen) atoms. The second-order valence-electron chi connectivity index (χ2n) is 5.08. The lowest BCUT2D eigenvalue weighted by atomic mass is 9.88. The third-order valence-corrected chi connectivity index (χ3v) is 3.81. The average molecular weight is 292 g/mol. The van der Waals surface area contributed by atoms with Gasteiger partial charge in [0.15, 0.2) is 10.8 Å². The van der Waals surface area contributed by atoms with E-state index in [4.69, 9.17) is 16.1 Å². The van der Waals surface area contributed by atoms with Gasteiger partial charge in [0.1, 0.15) is 5.76 Å². The fourth-order valence-electron chi connectivity index (χ4n) is 2.42. The highest BCUT2D eigenvalue weighted by atomic mass is 35.5. The Hall–Kier alpha value is -1.88. The van der Waals surface area contributed by atoms with Crippen LogP contribution in [0.1, 0.15) is 35.2 Å². The molecule has 2 heterocycles. The van der Waals surface area contributed by atoms with Crippen LogP contribution >= 0.6 is 11.6 Å². The lowest BCUT2D eigenvalue weighted by Crippen LogP contribution is -2.18. The van der Waals surface area contributed by atoms with Crippen molar-refractivity contribution in [1.82, 2.24) is 10.1 Å². The largest absolute Gasteiger partial charge is 0.360 e. The minimum atomic E-state index is -0.306. The molecule has 0 saturated carbocycles. The number of anilines is 1. The number of aryl methyl sites for hydroxylation is 1. The van der Waals surface area contributed by atoms with Crippen molar-refractivity contribution in [2.24, 2.45) is 5.92 Å². The normalized spacial score (nSPS) is 17.6. The Kier molecular flexibility index (Phi) is 3.44. The molecular weight excluding hydrogens is 278 g/mol. The van der Waals surface area contributed by atoms with E-state index >= 15 is 0 Å². The summed E-state index contributed by atoms with van der Waals surface area (Å²) in [5.41, 5.74) is 1.74. The zero-order valence-corrected chi connectivity index (χ0v) is 11.8. The molecule has 1 atom stereocenters. The topological polar surface area (TPSA) is 68.0 Å². The number of hydrogen-bond acceptors (Lipinski definition) is 4. The molecule has 0 fully saturated rings. The molecule has 1 aliphatic rings. The number of nitrogens with zero attached hydrogens (tertiary/aromatic N) is 2. The van der Waals surface area contributed by atoms with Gasteiger partial charge in [-0.05, 0) is 30.9 Å². The molecule has 0 aromatic carbocycles. The van der Waals surface area contributed by atoms with E-state index in [2.05, 4.69) is 22.4 Å². The van der Waals surface area contributed by atoms with E-state index in [1.54, 1.807) is 18.3 Å². The summed E-state index contributed by atoms with van der Waals surface area (Å²) in [6.45, 7) is 2.16. The Labute approximate surface area is 121 Å². The molecule has 0 radical (unpaired) electrons. The Bertz CT molecular complexity index is 654. The minimum absolute atomic E-state index is 0.256. The maximum Gasteiger partial charge on any atom is 0.278 e. The van der Waals surface area contributed by atoms with Crippen molar-refractivity contribution in [2.75, 3.05) is 5.32 Å². The van der Waals surface area contributed by atoms with Gasteiger partial charge >= 0.3 is 0 Å². The van der Waals surface area contributed by atoms with E-state index in [1.807, 2.05) is 0 Å². The van der Waals surface area contributed by atoms with Gasteiger partial charge in [0.05, 0.1) is 5.69 Å². The molecule has 3 rings (SSSR count). The van der Waals surface area contributed by atoms with Crippen LogP contribution in [0.3, 0.4) is 0 Å². The summed E-state index contributed by atoms with van der Waals surface area (Å²) in [5, 5.41) is 6.89. The molecule has 1 aliphatic carbocycles. The SMILES string of the molecule is C[C@@H]1CCc2onc(C(=O)Nc3cccnc3Cl)c2C1. The first kappa shape index (κ1) is 13.1. The van der Waals surface area contributed by atoms with Crippen molar-refractivity contribution in [2.45, 2.75) is 26.2 Å². The molecule has 0 saturated heterocycles. The quantitative estimate of drug-likeness (QED) is 0.863. The lowest BCUT2D eigenvalue weighted by molar-refractivity contribution is 0.101. The second-order valence-corrected chi connectivity index (χ2v) is 5.43. The Morgan fingerprint density at radius 2 is 2.40 bits per heavy atom. The van der Waals surface area contributed by atoms with Crippen LogP contribution in [0.25, 0.3) is 0 Å². The number of carbonyl (C=O) groups is 1.